The molecule has 0 heterocycles. The van der Waals surface area contributed by atoms with Crippen LogP contribution in [0, 0.1) is 0 Å². The van der Waals surface area contributed by atoms with E-state index in [1.165, 1.54) is 25.7 Å². The van der Waals surface area contributed by atoms with Crippen LogP contribution in [0.4, 0.5) is 0 Å². The molecular weight excluding hydrogens is 299 g/mol. The third-order valence-corrected chi connectivity index (χ3v) is 5.56. The van der Waals surface area contributed by atoms with Gasteiger partial charge in [0, 0.05) is 0 Å². The number of unbranched alkanes of at least 4 members (excludes halogenated alkanes) is 1. The topological polar surface area (TPSA) is 0 Å². The van der Waals surface area contributed by atoms with Crippen LogP contribution in [0.1, 0.15) is 39.5 Å². The van der Waals surface area contributed by atoms with Crippen molar-refractivity contribution in [2.75, 3.05) is 0 Å². The number of halogens is 2. The summed E-state index contributed by atoms with van der Waals surface area (Å²) in [5.41, 5.74) is 1.57. The molecule has 3 heteroatoms. The standard InChI is InChI=1S/C10H15.C5H5.2ClH.Ti/c1-3-4-5-10-7-6-9(2)8-10;1-2-4-5-3-1;;;/h6-8H,3-5H2,1-2H3;1-3H,4H2;2*1H;/q;;;;+2/p-2. The summed E-state index contributed by atoms with van der Waals surface area (Å²) in [6.45, 7) is 4.67. The zero-order valence-corrected chi connectivity index (χ0v) is 14.1. The molecule has 0 aliphatic heterocycles. The van der Waals surface area contributed by atoms with E-state index < -0.39 is 0 Å². The Bertz CT molecular complexity index is 380. The Morgan fingerprint density at radius 3 is 2.72 bits per heavy atom. The molecule has 0 amide bonds. The normalized spacial score (nSPS) is 23.9. The number of allylic oxidation sites excluding steroid dienone is 8. The van der Waals surface area contributed by atoms with Gasteiger partial charge in [-0.15, -0.1) is 0 Å². The SMILES string of the molecule is CCCCC1=C[C](C)([Ti+2][C]2=CC=CC2)C=C1.[Cl-].[Cl-]. The largest absolute Gasteiger partial charge is 1.00 e. The molecule has 2 rings (SSSR count). The molecule has 0 aromatic carbocycles. The molecule has 1 unspecified atom stereocenters. The Hall–Kier alpha value is 0.254. The minimum Gasteiger partial charge on any atom is -1.00 e. The van der Waals surface area contributed by atoms with Crippen molar-refractivity contribution in [3.8, 4) is 0 Å². The van der Waals surface area contributed by atoms with Crippen LogP contribution in [-0.2, 0) is 19.2 Å². The molecule has 0 N–H and O–H groups in total. The Morgan fingerprint density at radius 1 is 1.33 bits per heavy atom. The maximum Gasteiger partial charge on any atom is -1.00 e. The average Bonchev–Trinajstić information content (AvgIpc) is 2.86. The van der Waals surface area contributed by atoms with Gasteiger partial charge in [0.05, 0.1) is 0 Å². The Labute approximate surface area is 132 Å². The predicted octanol–water partition coefficient (Wildman–Crippen LogP) is -1.21. The van der Waals surface area contributed by atoms with Crippen LogP contribution >= 0.6 is 0 Å². The van der Waals surface area contributed by atoms with E-state index in [1.54, 1.807) is 9.45 Å². The van der Waals surface area contributed by atoms with Gasteiger partial charge in [-0.25, -0.2) is 0 Å². The summed E-state index contributed by atoms with van der Waals surface area (Å²) >= 11 is -0.0181. The van der Waals surface area contributed by atoms with Crippen LogP contribution < -0.4 is 24.8 Å². The maximum absolute atomic E-state index is 2.53. The van der Waals surface area contributed by atoms with E-state index in [0.29, 0.717) is 3.72 Å². The van der Waals surface area contributed by atoms with Crippen molar-refractivity contribution in [2.45, 2.75) is 43.3 Å². The first-order valence-electron chi connectivity index (χ1n) is 6.27. The van der Waals surface area contributed by atoms with E-state index >= 15 is 0 Å². The summed E-state index contributed by atoms with van der Waals surface area (Å²) in [5, 5.41) is 0. The molecule has 0 radical (unpaired) electrons. The monoisotopic (exact) mass is 318 g/mol. The number of hydrogen-bond donors (Lipinski definition) is 0. The second kappa shape index (κ2) is 8.43. The maximum atomic E-state index is 2.53. The molecule has 0 aromatic rings. The summed E-state index contributed by atoms with van der Waals surface area (Å²) in [6.07, 6.45) is 19.3. The fraction of sp³-hybridized carbons (Fsp3) is 0.467. The van der Waals surface area contributed by atoms with Crippen molar-refractivity contribution in [3.63, 3.8) is 0 Å². The quantitative estimate of drug-likeness (QED) is 0.558. The molecule has 2 aliphatic carbocycles. The first-order chi connectivity index (χ1) is 7.72. The van der Waals surface area contributed by atoms with Crippen molar-refractivity contribution in [3.05, 3.63) is 45.9 Å². The Morgan fingerprint density at radius 2 is 2.11 bits per heavy atom. The Kier molecular flexibility index (Phi) is 8.55. The molecule has 2 aliphatic rings. The van der Waals surface area contributed by atoms with Gasteiger partial charge in [-0.05, 0) is 0 Å². The smallest absolute Gasteiger partial charge is 1.00 e. The van der Waals surface area contributed by atoms with Crippen molar-refractivity contribution >= 4 is 0 Å². The fourth-order valence-corrected chi connectivity index (χ4v) is 4.63. The van der Waals surface area contributed by atoms with Crippen LogP contribution in [0.25, 0.3) is 0 Å². The molecular formula is C15H20Cl2Ti. The first-order valence-corrected chi connectivity index (χ1v) is 7.83. The molecule has 0 saturated carbocycles. The van der Waals surface area contributed by atoms with Crippen LogP contribution in [0.15, 0.2) is 45.9 Å². The molecule has 0 fully saturated rings. The van der Waals surface area contributed by atoms with E-state index in [1.807, 2.05) is 0 Å². The summed E-state index contributed by atoms with van der Waals surface area (Å²) in [5.74, 6) is 0. The molecule has 0 saturated heterocycles. The third-order valence-electron chi connectivity index (χ3n) is 3.15. The molecule has 0 aromatic heterocycles. The van der Waals surface area contributed by atoms with E-state index in [4.69, 9.17) is 0 Å². The molecule has 98 valence electrons. The van der Waals surface area contributed by atoms with E-state index in [-0.39, 0.29) is 44.0 Å². The van der Waals surface area contributed by atoms with Gasteiger partial charge < -0.3 is 24.8 Å². The second-order valence-electron chi connectivity index (χ2n) is 4.89. The zero-order valence-electron chi connectivity index (χ0n) is 11.0. The summed E-state index contributed by atoms with van der Waals surface area (Å²) < 4.78 is 2.10. The van der Waals surface area contributed by atoms with Gasteiger partial charge in [-0.3, -0.25) is 0 Å². The van der Waals surface area contributed by atoms with Gasteiger partial charge in [-0.1, -0.05) is 0 Å². The average molecular weight is 319 g/mol. The molecule has 0 spiro atoms. The number of rotatable bonds is 5. The van der Waals surface area contributed by atoms with Gasteiger partial charge in [-0.2, -0.15) is 0 Å². The second-order valence-corrected chi connectivity index (χ2v) is 7.96. The van der Waals surface area contributed by atoms with Crippen molar-refractivity contribution in [1.82, 2.24) is 0 Å². The summed E-state index contributed by atoms with van der Waals surface area (Å²) in [6, 6.07) is 0. The van der Waals surface area contributed by atoms with Gasteiger partial charge in [0.1, 0.15) is 0 Å². The molecule has 1 atom stereocenters. The van der Waals surface area contributed by atoms with Crippen molar-refractivity contribution < 1.29 is 44.0 Å². The fourth-order valence-electron chi connectivity index (χ4n) is 2.26. The van der Waals surface area contributed by atoms with Crippen LogP contribution in [-0.4, -0.2) is 0 Å². The van der Waals surface area contributed by atoms with Crippen LogP contribution in [0.3, 0.4) is 0 Å². The van der Waals surface area contributed by atoms with Gasteiger partial charge in [0.25, 0.3) is 0 Å². The minimum atomic E-state index is -0.0181. The third kappa shape index (κ3) is 5.09. The molecule has 18 heavy (non-hydrogen) atoms. The van der Waals surface area contributed by atoms with Crippen molar-refractivity contribution in [2.24, 2.45) is 0 Å². The van der Waals surface area contributed by atoms with E-state index in [9.17, 15) is 0 Å². The van der Waals surface area contributed by atoms with E-state index in [0.717, 1.165) is 0 Å². The minimum absolute atomic E-state index is 0. The van der Waals surface area contributed by atoms with Gasteiger partial charge in [0.15, 0.2) is 0 Å². The van der Waals surface area contributed by atoms with Crippen molar-refractivity contribution in [1.29, 1.82) is 0 Å². The van der Waals surface area contributed by atoms with Crippen LogP contribution in [0.2, 0.25) is 3.72 Å². The van der Waals surface area contributed by atoms with E-state index in [2.05, 4.69) is 50.3 Å². The number of hydrogen-bond acceptors (Lipinski definition) is 0. The van der Waals surface area contributed by atoms with Gasteiger partial charge in [0.2, 0.25) is 0 Å². The summed E-state index contributed by atoms with van der Waals surface area (Å²) in [7, 11) is 0. The Balaban J connectivity index is 0.00000144. The molecule has 0 nitrogen and oxygen atoms in total. The first kappa shape index (κ1) is 18.3. The molecule has 0 bridgehead atoms. The van der Waals surface area contributed by atoms with Gasteiger partial charge >= 0.3 is 108 Å². The van der Waals surface area contributed by atoms with Crippen LogP contribution in [0.5, 0.6) is 0 Å². The predicted molar refractivity (Wildman–Crippen MR) is 67.0 cm³/mol. The summed E-state index contributed by atoms with van der Waals surface area (Å²) in [4.78, 5) is 0. The zero-order chi connectivity index (χ0) is 11.4.